The van der Waals surface area contributed by atoms with Crippen molar-refractivity contribution in [3.05, 3.63) is 67.3 Å². The minimum atomic E-state index is -0.396. The van der Waals surface area contributed by atoms with Crippen molar-refractivity contribution in [2.75, 3.05) is 20.2 Å². The molecule has 0 saturated carbocycles. The summed E-state index contributed by atoms with van der Waals surface area (Å²) in [4.78, 5) is 28.8. The molecule has 0 saturated heterocycles. The molecular weight excluding hydrogens is 410 g/mol. The summed E-state index contributed by atoms with van der Waals surface area (Å²) in [5.74, 6) is -0.396. The van der Waals surface area contributed by atoms with Crippen molar-refractivity contribution in [2.24, 2.45) is 7.05 Å². The van der Waals surface area contributed by atoms with E-state index in [1.54, 1.807) is 18.3 Å². The van der Waals surface area contributed by atoms with Gasteiger partial charge in [-0.3, -0.25) is 14.5 Å². The highest BCUT2D eigenvalue weighted by Crippen LogP contribution is 2.29. The van der Waals surface area contributed by atoms with Crippen molar-refractivity contribution < 1.29 is 9.90 Å². The molecule has 3 rings (SSSR count). The molecule has 0 spiro atoms. The lowest BCUT2D eigenvalue weighted by molar-refractivity contribution is 0.0949. The van der Waals surface area contributed by atoms with Crippen LogP contribution >= 0.6 is 22.9 Å². The Balaban J connectivity index is 1.89. The summed E-state index contributed by atoms with van der Waals surface area (Å²) in [6.45, 7) is 3.59. The van der Waals surface area contributed by atoms with Gasteiger partial charge in [0.05, 0.1) is 16.8 Å². The molecule has 1 aromatic carbocycles. The maximum Gasteiger partial charge on any atom is 0.257 e. The third-order valence-electron chi connectivity index (χ3n) is 4.85. The molecule has 1 amide bonds. The number of aliphatic hydroxyl groups is 1. The fourth-order valence-electron chi connectivity index (χ4n) is 3.26. The van der Waals surface area contributed by atoms with E-state index in [1.807, 2.05) is 42.6 Å². The SMILES string of the molecule is Cc1c(CN(C)CCO)sc2c(=O)c(C(=O)NCc3ccc(Cl)cc3)cn(C)c12. The Hall–Kier alpha value is -2.19. The Kier molecular flexibility index (Phi) is 6.74. The van der Waals surface area contributed by atoms with Crippen LogP contribution in [0.25, 0.3) is 10.2 Å². The maximum absolute atomic E-state index is 13.0. The van der Waals surface area contributed by atoms with Crippen LogP contribution in [-0.4, -0.2) is 40.7 Å². The first-order valence-corrected chi connectivity index (χ1v) is 10.4. The van der Waals surface area contributed by atoms with Gasteiger partial charge in [-0.2, -0.15) is 0 Å². The second-order valence-corrected chi connectivity index (χ2v) is 8.62. The topological polar surface area (TPSA) is 74.6 Å². The van der Waals surface area contributed by atoms with Crippen molar-refractivity contribution in [3.63, 3.8) is 0 Å². The van der Waals surface area contributed by atoms with Gasteiger partial charge in [-0.25, -0.2) is 0 Å². The molecule has 2 aromatic heterocycles. The minimum Gasteiger partial charge on any atom is -0.395 e. The number of halogens is 1. The van der Waals surface area contributed by atoms with Crippen molar-refractivity contribution in [1.29, 1.82) is 0 Å². The monoisotopic (exact) mass is 433 g/mol. The van der Waals surface area contributed by atoms with Crippen LogP contribution in [0.2, 0.25) is 5.02 Å². The smallest absolute Gasteiger partial charge is 0.257 e. The van der Waals surface area contributed by atoms with Crippen molar-refractivity contribution in [1.82, 2.24) is 14.8 Å². The van der Waals surface area contributed by atoms with Crippen LogP contribution in [0, 0.1) is 6.92 Å². The van der Waals surface area contributed by atoms with Crippen LogP contribution in [0.3, 0.4) is 0 Å². The Morgan fingerprint density at radius 1 is 1.31 bits per heavy atom. The minimum absolute atomic E-state index is 0.0823. The molecule has 154 valence electrons. The van der Waals surface area contributed by atoms with Gasteiger partial charge in [0.15, 0.2) is 0 Å². The molecule has 0 unspecified atom stereocenters. The summed E-state index contributed by atoms with van der Waals surface area (Å²) in [5, 5.41) is 12.6. The third kappa shape index (κ3) is 4.70. The average molecular weight is 434 g/mol. The number of hydrogen-bond acceptors (Lipinski definition) is 5. The molecule has 2 heterocycles. The number of fused-ring (bicyclic) bond motifs is 1. The van der Waals surface area contributed by atoms with E-state index in [2.05, 4.69) is 5.32 Å². The van der Waals surface area contributed by atoms with Gasteiger partial charge in [-0.05, 0) is 37.2 Å². The van der Waals surface area contributed by atoms with Gasteiger partial charge in [0.1, 0.15) is 5.56 Å². The van der Waals surface area contributed by atoms with Crippen LogP contribution in [-0.2, 0) is 20.1 Å². The number of nitrogens with one attached hydrogen (secondary N) is 1. The highest BCUT2D eigenvalue weighted by molar-refractivity contribution is 7.19. The number of rotatable bonds is 7. The van der Waals surface area contributed by atoms with Crippen molar-refractivity contribution in [2.45, 2.75) is 20.0 Å². The molecule has 8 heteroatoms. The van der Waals surface area contributed by atoms with Gasteiger partial charge in [0.2, 0.25) is 5.43 Å². The molecule has 0 aliphatic heterocycles. The summed E-state index contributed by atoms with van der Waals surface area (Å²) in [6.07, 6.45) is 1.60. The number of aromatic nitrogens is 1. The van der Waals surface area contributed by atoms with Crippen molar-refractivity contribution in [3.8, 4) is 0 Å². The summed E-state index contributed by atoms with van der Waals surface area (Å²) in [6, 6.07) is 7.19. The molecular formula is C21H24ClN3O3S. The van der Waals surface area contributed by atoms with Gasteiger partial charge >= 0.3 is 0 Å². The largest absolute Gasteiger partial charge is 0.395 e. The highest BCUT2D eigenvalue weighted by atomic mass is 35.5. The van der Waals surface area contributed by atoms with Crippen LogP contribution in [0.15, 0.2) is 35.3 Å². The number of benzene rings is 1. The van der Waals surface area contributed by atoms with Crippen LogP contribution in [0.1, 0.15) is 26.4 Å². The van der Waals surface area contributed by atoms with E-state index < -0.39 is 5.91 Å². The number of carbonyl (C=O) groups is 1. The maximum atomic E-state index is 13.0. The molecule has 29 heavy (non-hydrogen) atoms. The van der Waals surface area contributed by atoms with Crippen molar-refractivity contribution >= 4 is 39.1 Å². The Morgan fingerprint density at radius 2 is 2.00 bits per heavy atom. The molecule has 0 radical (unpaired) electrons. The summed E-state index contributed by atoms with van der Waals surface area (Å²) < 4.78 is 2.42. The number of aliphatic hydroxyl groups excluding tert-OH is 1. The van der Waals surface area contributed by atoms with Crippen LogP contribution in [0.4, 0.5) is 0 Å². The van der Waals surface area contributed by atoms with Gasteiger partial charge in [-0.15, -0.1) is 11.3 Å². The lowest BCUT2D eigenvalue weighted by Gasteiger charge is -2.14. The van der Waals surface area contributed by atoms with Crippen LogP contribution in [0.5, 0.6) is 0 Å². The zero-order valence-corrected chi connectivity index (χ0v) is 18.2. The van der Waals surface area contributed by atoms with E-state index in [1.165, 1.54) is 11.3 Å². The van der Waals surface area contributed by atoms with Gasteiger partial charge in [0, 0.05) is 42.8 Å². The normalized spacial score (nSPS) is 11.4. The van der Waals surface area contributed by atoms with Gasteiger partial charge < -0.3 is 15.0 Å². The van der Waals surface area contributed by atoms with E-state index in [9.17, 15) is 9.59 Å². The zero-order valence-electron chi connectivity index (χ0n) is 16.7. The Bertz CT molecular complexity index is 1090. The highest BCUT2D eigenvalue weighted by Gasteiger charge is 2.20. The number of amides is 1. The second kappa shape index (κ2) is 9.09. The number of carbonyl (C=O) groups excluding carboxylic acids is 1. The lowest BCUT2D eigenvalue weighted by Crippen LogP contribution is -2.29. The third-order valence-corrected chi connectivity index (χ3v) is 6.36. The van der Waals surface area contributed by atoms with Crippen LogP contribution < -0.4 is 10.7 Å². The standard InChI is InChI=1S/C21H24ClN3O3S/c1-13-17(12-24(2)8-9-26)29-20-18(13)25(3)11-16(19(20)27)21(28)23-10-14-4-6-15(22)7-5-14/h4-7,11,26H,8-10,12H2,1-3H3,(H,23,28). The molecule has 0 aliphatic rings. The first-order valence-electron chi connectivity index (χ1n) is 9.25. The molecule has 3 aromatic rings. The van der Waals surface area contributed by atoms with E-state index in [-0.39, 0.29) is 17.6 Å². The summed E-state index contributed by atoms with van der Waals surface area (Å²) in [7, 11) is 3.77. The predicted octanol–water partition coefficient (Wildman–Crippen LogP) is 2.92. The number of thiophene rings is 1. The quantitative estimate of drug-likeness (QED) is 0.600. The van der Waals surface area contributed by atoms with Gasteiger partial charge in [0.25, 0.3) is 5.91 Å². The number of pyridine rings is 1. The summed E-state index contributed by atoms with van der Waals surface area (Å²) in [5.41, 5.74) is 2.66. The fraction of sp³-hybridized carbons (Fsp3) is 0.333. The number of aryl methyl sites for hydroxylation is 2. The first kappa shape index (κ1) is 21.5. The fourth-order valence-corrected chi connectivity index (χ4v) is 4.76. The molecule has 2 N–H and O–H groups in total. The second-order valence-electron chi connectivity index (χ2n) is 7.08. The predicted molar refractivity (Wildman–Crippen MR) is 118 cm³/mol. The van der Waals surface area contributed by atoms with Gasteiger partial charge in [-0.1, -0.05) is 23.7 Å². The summed E-state index contributed by atoms with van der Waals surface area (Å²) >= 11 is 7.30. The molecule has 0 atom stereocenters. The van der Waals surface area contributed by atoms with E-state index in [0.29, 0.717) is 29.4 Å². The number of hydrogen-bond donors (Lipinski definition) is 2. The average Bonchev–Trinajstić information content (AvgIpc) is 3.01. The first-order chi connectivity index (χ1) is 13.8. The van der Waals surface area contributed by atoms with E-state index >= 15 is 0 Å². The molecule has 6 nitrogen and oxygen atoms in total. The lowest BCUT2D eigenvalue weighted by atomic mass is 10.1. The Labute approximate surface area is 178 Å². The van der Waals surface area contributed by atoms with E-state index in [4.69, 9.17) is 16.7 Å². The molecule has 0 fully saturated rings. The van der Waals surface area contributed by atoms with E-state index in [0.717, 1.165) is 21.5 Å². The Morgan fingerprint density at radius 3 is 2.66 bits per heavy atom. The zero-order chi connectivity index (χ0) is 21.1. The molecule has 0 bridgehead atoms. The number of likely N-dealkylation sites (N-methyl/N-ethyl adjacent to an activating group) is 1. The number of nitrogens with zero attached hydrogens (tertiary/aromatic N) is 2. The molecule has 0 aliphatic carbocycles.